The summed E-state index contributed by atoms with van der Waals surface area (Å²) in [6.45, 7) is 2.33. The molecule has 1 aromatic heterocycles. The first-order chi connectivity index (χ1) is 13.6. The van der Waals surface area contributed by atoms with Gasteiger partial charge in [-0.1, -0.05) is 55.5 Å². The number of nitrogens with one attached hydrogen (secondary N) is 2. The van der Waals surface area contributed by atoms with Gasteiger partial charge in [0.2, 0.25) is 5.91 Å². The van der Waals surface area contributed by atoms with Crippen LogP contribution >= 0.6 is 0 Å². The molecule has 1 heterocycles. The molecule has 0 spiro atoms. The van der Waals surface area contributed by atoms with Crippen LogP contribution in [0, 0.1) is 0 Å². The number of benzene rings is 2. The van der Waals surface area contributed by atoms with E-state index < -0.39 is 5.92 Å². The molecular weight excluding hydrogens is 352 g/mol. The van der Waals surface area contributed by atoms with Gasteiger partial charge in [-0.3, -0.25) is 9.59 Å². The number of rotatable bonds is 8. The summed E-state index contributed by atoms with van der Waals surface area (Å²) in [5, 5.41) is 3.87. The van der Waals surface area contributed by atoms with E-state index in [-0.39, 0.29) is 18.4 Å². The molecule has 3 rings (SSSR count). The van der Waals surface area contributed by atoms with Gasteiger partial charge in [-0.15, -0.1) is 0 Å². The SMILES string of the molecule is COC(=O)C(CNC(=O)CCC(C)c1ccccc1)c1c[nH]c2ccccc12. The Hall–Kier alpha value is -3.08. The first kappa shape index (κ1) is 19.7. The molecular formula is C23H26N2O3. The molecule has 0 fully saturated rings. The van der Waals surface area contributed by atoms with Gasteiger partial charge in [0.15, 0.2) is 0 Å². The highest BCUT2D eigenvalue weighted by Crippen LogP contribution is 2.26. The molecule has 0 bridgehead atoms. The number of carbonyl (C=O) groups excluding carboxylic acids is 2. The molecule has 0 aliphatic rings. The summed E-state index contributed by atoms with van der Waals surface area (Å²) in [4.78, 5) is 27.9. The molecule has 5 heteroatoms. The molecule has 0 radical (unpaired) electrons. The number of esters is 1. The average molecular weight is 378 g/mol. The molecule has 5 nitrogen and oxygen atoms in total. The molecule has 2 unspecified atom stereocenters. The van der Waals surface area contributed by atoms with Crippen LogP contribution < -0.4 is 5.32 Å². The number of hydrogen-bond donors (Lipinski definition) is 2. The predicted octanol–water partition coefficient (Wildman–Crippen LogP) is 4.12. The number of amides is 1. The number of ether oxygens (including phenoxy) is 1. The Kier molecular flexibility index (Phi) is 6.48. The standard InChI is InChI=1S/C23H26N2O3/c1-16(17-8-4-3-5-9-17)12-13-22(26)25-15-20(23(27)28-2)19-14-24-21-11-7-6-10-18(19)21/h3-11,14,16,20,24H,12-13,15H2,1-2H3,(H,25,26). The van der Waals surface area contributed by atoms with Crippen molar-refractivity contribution in [1.82, 2.24) is 10.3 Å². The van der Waals surface area contributed by atoms with Crippen LogP contribution in [0.3, 0.4) is 0 Å². The van der Waals surface area contributed by atoms with Gasteiger partial charge in [0.25, 0.3) is 0 Å². The van der Waals surface area contributed by atoms with Crippen molar-refractivity contribution >= 4 is 22.8 Å². The van der Waals surface area contributed by atoms with Crippen molar-refractivity contribution in [2.75, 3.05) is 13.7 Å². The Morgan fingerprint density at radius 3 is 2.54 bits per heavy atom. The summed E-state index contributed by atoms with van der Waals surface area (Å²) in [7, 11) is 1.37. The Morgan fingerprint density at radius 2 is 1.79 bits per heavy atom. The number of methoxy groups -OCH3 is 1. The van der Waals surface area contributed by atoms with Crippen LogP contribution in [0.5, 0.6) is 0 Å². The summed E-state index contributed by atoms with van der Waals surface area (Å²) in [6, 6.07) is 17.9. The zero-order valence-corrected chi connectivity index (χ0v) is 16.3. The summed E-state index contributed by atoms with van der Waals surface area (Å²) in [5.41, 5.74) is 3.01. The molecule has 0 aliphatic carbocycles. The normalized spacial score (nSPS) is 13.1. The molecule has 2 aromatic carbocycles. The van der Waals surface area contributed by atoms with Crippen molar-refractivity contribution in [2.45, 2.75) is 31.6 Å². The van der Waals surface area contributed by atoms with E-state index in [0.717, 1.165) is 22.9 Å². The topological polar surface area (TPSA) is 71.2 Å². The lowest BCUT2D eigenvalue weighted by Crippen LogP contribution is -2.32. The minimum atomic E-state index is -0.545. The highest BCUT2D eigenvalue weighted by molar-refractivity contribution is 5.90. The van der Waals surface area contributed by atoms with Gasteiger partial charge in [0.1, 0.15) is 5.92 Å². The minimum absolute atomic E-state index is 0.0588. The van der Waals surface area contributed by atoms with Crippen molar-refractivity contribution < 1.29 is 14.3 Å². The maximum absolute atomic E-state index is 12.4. The number of fused-ring (bicyclic) bond motifs is 1. The van der Waals surface area contributed by atoms with E-state index in [4.69, 9.17) is 4.74 Å². The van der Waals surface area contributed by atoms with Crippen molar-refractivity contribution in [3.8, 4) is 0 Å². The maximum atomic E-state index is 12.4. The number of aromatic nitrogens is 1. The molecule has 1 amide bonds. The first-order valence-corrected chi connectivity index (χ1v) is 9.55. The number of carbonyl (C=O) groups is 2. The summed E-state index contributed by atoms with van der Waals surface area (Å²) in [5.74, 6) is -0.659. The molecule has 0 saturated carbocycles. The fourth-order valence-electron chi connectivity index (χ4n) is 3.44. The second-order valence-corrected chi connectivity index (χ2v) is 7.02. The van der Waals surface area contributed by atoms with E-state index in [1.54, 1.807) is 0 Å². The number of hydrogen-bond acceptors (Lipinski definition) is 3. The van der Waals surface area contributed by atoms with Crippen molar-refractivity contribution in [1.29, 1.82) is 0 Å². The fraction of sp³-hybridized carbons (Fsp3) is 0.304. The summed E-state index contributed by atoms with van der Waals surface area (Å²) in [6.07, 6.45) is 2.99. The average Bonchev–Trinajstić information content (AvgIpc) is 3.16. The van der Waals surface area contributed by atoms with Crippen LogP contribution in [0.1, 0.15) is 42.7 Å². The zero-order chi connectivity index (χ0) is 19.9. The first-order valence-electron chi connectivity index (χ1n) is 9.55. The van der Waals surface area contributed by atoms with Crippen LogP contribution in [-0.2, 0) is 14.3 Å². The van der Waals surface area contributed by atoms with Gasteiger partial charge in [-0.25, -0.2) is 0 Å². The second kappa shape index (κ2) is 9.22. The van der Waals surface area contributed by atoms with Crippen molar-refractivity contribution in [3.63, 3.8) is 0 Å². The largest absolute Gasteiger partial charge is 0.468 e. The molecule has 2 atom stereocenters. The lowest BCUT2D eigenvalue weighted by molar-refractivity contribution is -0.142. The molecule has 0 saturated heterocycles. The van der Waals surface area contributed by atoms with Crippen LogP contribution in [0.25, 0.3) is 10.9 Å². The zero-order valence-electron chi connectivity index (χ0n) is 16.3. The molecule has 146 valence electrons. The Bertz CT molecular complexity index is 933. The van der Waals surface area contributed by atoms with Crippen LogP contribution in [0.4, 0.5) is 0 Å². The number of aromatic amines is 1. The molecule has 3 aromatic rings. The van der Waals surface area contributed by atoms with Gasteiger partial charge in [-0.05, 0) is 29.5 Å². The predicted molar refractivity (Wildman–Crippen MR) is 110 cm³/mol. The van der Waals surface area contributed by atoms with Crippen LogP contribution in [0.2, 0.25) is 0 Å². The molecule has 2 N–H and O–H groups in total. The Labute approximate surface area is 165 Å². The van der Waals surface area contributed by atoms with Gasteiger partial charge in [0.05, 0.1) is 7.11 Å². The van der Waals surface area contributed by atoms with E-state index >= 15 is 0 Å². The monoisotopic (exact) mass is 378 g/mol. The second-order valence-electron chi connectivity index (χ2n) is 7.02. The number of H-pyrrole nitrogens is 1. The minimum Gasteiger partial charge on any atom is -0.468 e. The summed E-state index contributed by atoms with van der Waals surface area (Å²) < 4.78 is 4.97. The van der Waals surface area contributed by atoms with E-state index in [1.165, 1.54) is 12.7 Å². The van der Waals surface area contributed by atoms with E-state index in [0.29, 0.717) is 12.3 Å². The van der Waals surface area contributed by atoms with Gasteiger partial charge in [0, 0.05) is 30.1 Å². The van der Waals surface area contributed by atoms with Crippen LogP contribution in [-0.4, -0.2) is 30.5 Å². The highest BCUT2D eigenvalue weighted by Gasteiger charge is 2.25. The quantitative estimate of drug-likeness (QED) is 0.579. The molecule has 28 heavy (non-hydrogen) atoms. The molecule has 0 aliphatic heterocycles. The summed E-state index contributed by atoms with van der Waals surface area (Å²) >= 11 is 0. The van der Waals surface area contributed by atoms with E-state index in [2.05, 4.69) is 29.4 Å². The van der Waals surface area contributed by atoms with Gasteiger partial charge >= 0.3 is 5.97 Å². The van der Waals surface area contributed by atoms with Gasteiger partial charge < -0.3 is 15.0 Å². The third-order valence-electron chi connectivity index (χ3n) is 5.16. The third-order valence-corrected chi connectivity index (χ3v) is 5.16. The smallest absolute Gasteiger partial charge is 0.315 e. The third kappa shape index (κ3) is 4.60. The van der Waals surface area contributed by atoms with E-state index in [9.17, 15) is 9.59 Å². The lowest BCUT2D eigenvalue weighted by Gasteiger charge is -2.16. The fourth-order valence-corrected chi connectivity index (χ4v) is 3.44. The number of para-hydroxylation sites is 1. The Balaban J connectivity index is 1.61. The van der Waals surface area contributed by atoms with Crippen molar-refractivity contribution in [3.05, 3.63) is 71.9 Å². The maximum Gasteiger partial charge on any atom is 0.315 e. The lowest BCUT2D eigenvalue weighted by atomic mass is 9.96. The van der Waals surface area contributed by atoms with Crippen molar-refractivity contribution in [2.24, 2.45) is 0 Å². The van der Waals surface area contributed by atoms with Crippen LogP contribution in [0.15, 0.2) is 60.8 Å². The highest BCUT2D eigenvalue weighted by atomic mass is 16.5. The Morgan fingerprint density at radius 1 is 1.07 bits per heavy atom. The van der Waals surface area contributed by atoms with Gasteiger partial charge in [-0.2, -0.15) is 0 Å². The van der Waals surface area contributed by atoms with E-state index in [1.807, 2.05) is 48.7 Å².